The van der Waals surface area contributed by atoms with Gasteiger partial charge in [-0.15, -0.1) is 0 Å². The van der Waals surface area contributed by atoms with E-state index in [1.165, 1.54) is 121 Å². The number of carboxylic acids is 1. The third kappa shape index (κ3) is 24.6. The van der Waals surface area contributed by atoms with Gasteiger partial charge in [-0.05, 0) is 18.9 Å². The first kappa shape index (κ1) is 36.5. The number of carbonyl (C=O) groups is 1. The van der Waals surface area contributed by atoms with E-state index in [0.29, 0.717) is 0 Å². The van der Waals surface area contributed by atoms with Crippen molar-refractivity contribution in [3.63, 3.8) is 0 Å². The molecule has 0 atom stereocenters. The minimum Gasteiger partial charge on any atom is -1.00 e. The second-order valence-electron chi connectivity index (χ2n) is 9.41. The van der Waals surface area contributed by atoms with E-state index in [0.717, 1.165) is 4.48 Å². The van der Waals surface area contributed by atoms with Gasteiger partial charge >= 0.3 is 35.5 Å². The number of aromatic carboxylic acids is 1. The van der Waals surface area contributed by atoms with Crippen molar-refractivity contribution in [1.29, 1.82) is 0 Å². The summed E-state index contributed by atoms with van der Waals surface area (Å²) in [7, 11) is 6.88. The molecule has 0 bridgehead atoms. The number of carboxylic acid groups (broad SMARTS) is 1. The topological polar surface area (TPSA) is 60.4 Å². The quantitative estimate of drug-likeness (QED) is 0.196. The number of para-hydroxylation sites is 1. The maximum Gasteiger partial charge on any atom is 1.00 e. The second-order valence-corrected chi connectivity index (χ2v) is 9.41. The fourth-order valence-corrected chi connectivity index (χ4v) is 3.42. The molecule has 1 N–H and O–H groups in total. The van der Waals surface area contributed by atoms with Crippen LogP contribution in [0.25, 0.3) is 0 Å². The molecule has 0 saturated heterocycles. The molecule has 4 nitrogen and oxygen atoms in total. The van der Waals surface area contributed by atoms with Crippen LogP contribution in [-0.2, 0) is 0 Å². The molecule has 0 fully saturated rings. The molecule has 0 unspecified atom stereocenters. The zero-order chi connectivity index (χ0) is 22.7. The molecule has 6 heteroatoms. The monoisotopic (exact) mass is 523 g/mol. The first-order valence-electron chi connectivity index (χ1n) is 12.1. The average molecular weight is 525 g/mol. The van der Waals surface area contributed by atoms with Crippen LogP contribution in [0.2, 0.25) is 0 Å². The average Bonchev–Trinajstić information content (AvgIpc) is 2.68. The molecule has 1 aromatic carbocycles. The Morgan fingerprint density at radius 3 is 1.47 bits per heavy atom. The molecule has 0 saturated carbocycles. The number of halogens is 1. The van der Waals surface area contributed by atoms with Gasteiger partial charge in [-0.25, -0.2) is 4.79 Å². The van der Waals surface area contributed by atoms with E-state index in [9.17, 15) is 9.90 Å². The zero-order valence-electron chi connectivity index (χ0n) is 21.5. The van der Waals surface area contributed by atoms with E-state index in [4.69, 9.17) is 5.11 Å². The predicted molar refractivity (Wildman–Crippen MR) is 126 cm³/mol. The molecule has 0 aliphatic heterocycles. The van der Waals surface area contributed by atoms with Gasteiger partial charge < -0.3 is 31.7 Å². The van der Waals surface area contributed by atoms with Crippen LogP contribution < -0.4 is 51.6 Å². The Morgan fingerprint density at radius 2 is 1.16 bits per heavy atom. The Bertz CT molecular complexity index is 550. The van der Waals surface area contributed by atoms with Gasteiger partial charge in [0.05, 0.1) is 33.3 Å². The largest absolute Gasteiger partial charge is 1.00 e. The van der Waals surface area contributed by atoms with E-state index in [1.54, 1.807) is 0 Å². The van der Waals surface area contributed by atoms with E-state index in [-0.39, 0.29) is 52.1 Å². The molecule has 32 heavy (non-hydrogen) atoms. The predicted octanol–water partition coefficient (Wildman–Crippen LogP) is 0.640. The Balaban J connectivity index is -0.000000591. The molecular weight excluding hydrogens is 477 g/mol. The molecule has 0 amide bonds. The normalized spacial score (nSPS) is 10.4. The van der Waals surface area contributed by atoms with Crippen LogP contribution >= 0.6 is 0 Å². The van der Waals surface area contributed by atoms with Gasteiger partial charge in [-0.2, -0.15) is 0 Å². The Morgan fingerprint density at radius 1 is 0.781 bits per heavy atom. The number of rotatable bonds is 16. The standard InChI is InChI=1S/C19H42N.C7H6O3.BrH.Na/c1-5-6-7-8-9-10-11-12-13-14-15-16-17-18-19-20(2,3)4;8-6-4-2-1-3-5(6)7(9)10;;/h5-19H2,1-4H3;1-4,8H,(H,9,10);1H;/q+1;;;+1/p-2. The summed E-state index contributed by atoms with van der Waals surface area (Å²) >= 11 is 0. The molecule has 182 valence electrons. The molecule has 0 spiro atoms. The third-order valence-corrected chi connectivity index (χ3v) is 5.30. The molecular formula is C26H47BrNNaO3. The van der Waals surface area contributed by atoms with Crippen LogP contribution in [0.5, 0.6) is 5.75 Å². The number of hydrogen-bond donors (Lipinski definition) is 1. The molecule has 0 aliphatic rings. The summed E-state index contributed by atoms with van der Waals surface area (Å²) in [5, 5.41) is 19.0. The van der Waals surface area contributed by atoms with Crippen molar-refractivity contribution >= 4 is 5.97 Å². The fraction of sp³-hybridized carbons (Fsp3) is 0.731. The van der Waals surface area contributed by atoms with Gasteiger partial charge in [0.25, 0.3) is 0 Å². The molecule has 0 aliphatic carbocycles. The van der Waals surface area contributed by atoms with Crippen LogP contribution in [0.1, 0.15) is 107 Å². The van der Waals surface area contributed by atoms with Gasteiger partial charge in [0, 0.05) is 0 Å². The van der Waals surface area contributed by atoms with Crippen molar-refractivity contribution in [3.05, 3.63) is 29.8 Å². The van der Waals surface area contributed by atoms with Crippen molar-refractivity contribution < 1.29 is 66.0 Å². The summed E-state index contributed by atoms with van der Waals surface area (Å²) in [5.41, 5.74) is -0.178. The smallest absolute Gasteiger partial charge is 1.00 e. The number of benzene rings is 1. The summed E-state index contributed by atoms with van der Waals surface area (Å²) in [6, 6.07) is 5.54. The molecule has 1 aromatic rings. The third-order valence-electron chi connectivity index (χ3n) is 5.30. The Kier molecular flexibility index (Phi) is 27.4. The number of nitrogens with zero attached hydrogens (tertiary/aromatic N) is 1. The number of hydrogen-bond acceptors (Lipinski definition) is 2. The van der Waals surface area contributed by atoms with Crippen LogP contribution in [0.3, 0.4) is 0 Å². The summed E-state index contributed by atoms with van der Waals surface area (Å²) < 4.78 is 1.12. The van der Waals surface area contributed by atoms with E-state index in [1.807, 2.05) is 0 Å². The van der Waals surface area contributed by atoms with E-state index in [2.05, 4.69) is 28.1 Å². The van der Waals surface area contributed by atoms with Crippen molar-refractivity contribution in [1.82, 2.24) is 0 Å². The van der Waals surface area contributed by atoms with Gasteiger partial charge in [-0.1, -0.05) is 108 Å². The maximum atomic E-state index is 10.7. The van der Waals surface area contributed by atoms with Gasteiger partial charge in [0.2, 0.25) is 0 Å². The summed E-state index contributed by atoms with van der Waals surface area (Å²) in [6.45, 7) is 3.63. The number of unbranched alkanes of at least 4 members (excludes halogenated alkanes) is 13. The first-order valence-corrected chi connectivity index (χ1v) is 12.1. The summed E-state index contributed by atoms with van der Waals surface area (Å²) in [4.78, 5) is 10.2. The van der Waals surface area contributed by atoms with Crippen LogP contribution in [-0.4, -0.2) is 43.2 Å². The summed E-state index contributed by atoms with van der Waals surface area (Å²) in [5.74, 6) is -1.62. The summed E-state index contributed by atoms with van der Waals surface area (Å²) in [6.07, 6.45) is 20.4. The maximum absolute atomic E-state index is 10.7. The second kappa shape index (κ2) is 24.1. The minimum absolute atomic E-state index is 0. The van der Waals surface area contributed by atoms with Gasteiger partial charge in [0.1, 0.15) is 0 Å². The zero-order valence-corrected chi connectivity index (χ0v) is 25.1. The van der Waals surface area contributed by atoms with Crippen molar-refractivity contribution in [3.8, 4) is 5.75 Å². The first-order chi connectivity index (χ1) is 14.3. The SMILES string of the molecule is CCCCCCCCCCCCCCCC[N+](C)(C)C.O=C(O)c1ccccc1[O-].[Br-].[Na+]. The van der Waals surface area contributed by atoms with Crippen LogP contribution in [0.4, 0.5) is 0 Å². The Labute approximate surface area is 230 Å². The molecule has 0 aromatic heterocycles. The molecule has 0 heterocycles. The van der Waals surface area contributed by atoms with Crippen molar-refractivity contribution in [2.45, 2.75) is 96.8 Å². The van der Waals surface area contributed by atoms with Crippen molar-refractivity contribution in [2.75, 3.05) is 27.7 Å². The van der Waals surface area contributed by atoms with Crippen molar-refractivity contribution in [2.24, 2.45) is 0 Å². The minimum atomic E-state index is -1.18. The van der Waals surface area contributed by atoms with Crippen LogP contribution in [0.15, 0.2) is 24.3 Å². The molecule has 0 radical (unpaired) electrons. The van der Waals surface area contributed by atoms with Gasteiger partial charge in [0.15, 0.2) is 0 Å². The fourth-order valence-electron chi connectivity index (χ4n) is 3.42. The molecule has 1 rings (SSSR count). The van der Waals surface area contributed by atoms with Gasteiger partial charge in [-0.3, -0.25) is 0 Å². The van der Waals surface area contributed by atoms with E-state index >= 15 is 0 Å². The number of quaternary nitrogens is 1. The van der Waals surface area contributed by atoms with E-state index < -0.39 is 11.7 Å². The van der Waals surface area contributed by atoms with Crippen LogP contribution in [0, 0.1) is 0 Å². The Hall–Kier alpha value is -0.0700.